The van der Waals surface area contributed by atoms with E-state index in [0.717, 1.165) is 42.6 Å². The van der Waals surface area contributed by atoms with Gasteiger partial charge in [-0.2, -0.15) is 28.4 Å². The zero-order valence-corrected chi connectivity index (χ0v) is 25.9. The Morgan fingerprint density at radius 2 is 1.74 bits per heavy atom. The largest absolute Gasteiger partial charge is 0.403 e. The molecule has 0 saturated carbocycles. The predicted molar refractivity (Wildman–Crippen MR) is 166 cm³/mol. The van der Waals surface area contributed by atoms with Crippen molar-refractivity contribution in [3.8, 4) is 0 Å². The van der Waals surface area contributed by atoms with Crippen molar-refractivity contribution in [1.29, 1.82) is 0 Å². The van der Waals surface area contributed by atoms with E-state index in [9.17, 15) is 31.2 Å². The Morgan fingerprint density at radius 1 is 1.04 bits per heavy atom. The van der Waals surface area contributed by atoms with Gasteiger partial charge in [0.1, 0.15) is 5.65 Å². The number of nitrogens with zero attached hydrogens (tertiary/aromatic N) is 6. The van der Waals surface area contributed by atoms with Gasteiger partial charge in [0.2, 0.25) is 5.95 Å². The van der Waals surface area contributed by atoms with E-state index in [1.807, 2.05) is 24.3 Å². The van der Waals surface area contributed by atoms with E-state index < -0.39 is 50.5 Å². The van der Waals surface area contributed by atoms with Gasteiger partial charge >= 0.3 is 6.18 Å². The van der Waals surface area contributed by atoms with Gasteiger partial charge in [0, 0.05) is 73.8 Å². The average molecular weight is 673 g/mol. The number of ether oxygens (including phenoxy) is 1. The fraction of sp³-hybridized carbons (Fsp3) is 0.400. The monoisotopic (exact) mass is 672 g/mol. The van der Waals surface area contributed by atoms with Gasteiger partial charge in [-0.1, -0.05) is 0 Å². The lowest BCUT2D eigenvalue weighted by Gasteiger charge is -2.29. The number of hydrogen-bond donors (Lipinski definition) is 2. The molecule has 3 aromatic heterocycles. The van der Waals surface area contributed by atoms with E-state index in [2.05, 4.69) is 35.7 Å². The molecule has 0 bridgehead atoms. The Balaban J connectivity index is 1.40. The number of nitrogens with one attached hydrogen (secondary N) is 2. The number of pyridine rings is 1. The molecule has 0 aliphatic carbocycles. The maximum Gasteiger partial charge on any atom is 0.403 e. The number of alkyl halides is 3. The van der Waals surface area contributed by atoms with Crippen molar-refractivity contribution in [3.05, 3.63) is 70.4 Å². The van der Waals surface area contributed by atoms with E-state index in [4.69, 9.17) is 4.74 Å². The van der Waals surface area contributed by atoms with Crippen LogP contribution in [0.5, 0.6) is 0 Å². The maximum absolute atomic E-state index is 14.0. The molecule has 1 aromatic carbocycles. The summed E-state index contributed by atoms with van der Waals surface area (Å²) in [6.07, 6.45) is -1.07. The van der Waals surface area contributed by atoms with Crippen molar-refractivity contribution in [2.24, 2.45) is 5.92 Å². The molecule has 6 rings (SSSR count). The summed E-state index contributed by atoms with van der Waals surface area (Å²) in [6, 6.07) is 9.02. The molecule has 0 radical (unpaired) electrons. The molecule has 47 heavy (non-hydrogen) atoms. The van der Waals surface area contributed by atoms with Crippen LogP contribution >= 0.6 is 0 Å². The first-order valence-electron chi connectivity index (χ1n) is 14.9. The van der Waals surface area contributed by atoms with Crippen LogP contribution in [-0.2, 0) is 21.1 Å². The molecule has 2 aliphatic rings. The number of hydrogen-bond acceptors (Lipinski definition) is 12. The minimum atomic E-state index is -5.02. The van der Waals surface area contributed by atoms with Crippen LogP contribution in [-0.4, -0.2) is 90.3 Å². The number of carbonyl (C=O) groups is 1. The quantitative estimate of drug-likeness (QED) is 0.251. The molecule has 17 heteroatoms. The van der Waals surface area contributed by atoms with E-state index in [0.29, 0.717) is 43.3 Å². The first kappa shape index (κ1) is 32.5. The van der Waals surface area contributed by atoms with Gasteiger partial charge in [-0.05, 0) is 43.2 Å². The van der Waals surface area contributed by atoms with Crippen molar-refractivity contribution in [1.82, 2.24) is 30.0 Å². The first-order chi connectivity index (χ1) is 22.5. The van der Waals surface area contributed by atoms with Crippen LogP contribution in [0.25, 0.3) is 11.0 Å². The molecule has 4 aromatic rings. The molecule has 13 nitrogen and oxygen atoms in total. The standard InChI is InChI=1S/C30H31F3N8O5S/c31-30(32,33)18-47(44,45)25-16-37-36-15-21(25)17-41-27-20(13-24(28(41)43)26(42)19-5-11-46-12-6-19)14-35-29(39-27)38-22-1-3-23(4-2-22)40-9-7-34-8-10-40/h1-4,13-16,19,34H,5-12,17-18H2,(H,35,38,39). The molecular formula is C30H31F3N8O5S. The second-order valence-electron chi connectivity index (χ2n) is 11.3. The fourth-order valence-electron chi connectivity index (χ4n) is 5.73. The number of Topliss-reactive ketones (excluding diaryl/α,β-unsaturated/α-hetero) is 1. The molecule has 0 atom stereocenters. The van der Waals surface area contributed by atoms with E-state index in [-0.39, 0.29) is 22.7 Å². The lowest BCUT2D eigenvalue weighted by atomic mass is 9.91. The summed E-state index contributed by atoms with van der Waals surface area (Å²) in [5.74, 6) is -2.92. The highest BCUT2D eigenvalue weighted by Crippen LogP contribution is 2.27. The molecule has 2 N–H and O–H groups in total. The molecule has 2 aliphatic heterocycles. The Hall–Kier alpha value is -4.48. The third-order valence-corrected chi connectivity index (χ3v) is 9.82. The number of ketones is 1. The minimum Gasteiger partial charge on any atom is -0.381 e. The van der Waals surface area contributed by atoms with Gasteiger partial charge < -0.3 is 20.3 Å². The van der Waals surface area contributed by atoms with Crippen LogP contribution in [0.3, 0.4) is 0 Å². The average Bonchev–Trinajstić information content (AvgIpc) is 3.06. The summed E-state index contributed by atoms with van der Waals surface area (Å²) in [5.41, 5.74) is 0.565. The first-order valence-corrected chi connectivity index (χ1v) is 16.6. The molecule has 0 spiro atoms. The summed E-state index contributed by atoms with van der Waals surface area (Å²) < 4.78 is 71.5. The van der Waals surface area contributed by atoms with Gasteiger partial charge in [0.15, 0.2) is 21.4 Å². The van der Waals surface area contributed by atoms with Crippen molar-refractivity contribution >= 4 is 44.0 Å². The molecule has 0 amide bonds. The summed E-state index contributed by atoms with van der Waals surface area (Å²) in [7, 11) is -4.91. The van der Waals surface area contributed by atoms with Crippen LogP contribution < -0.4 is 21.1 Å². The predicted octanol–water partition coefficient (Wildman–Crippen LogP) is 2.73. The van der Waals surface area contributed by atoms with E-state index in [1.165, 1.54) is 12.3 Å². The number of aromatic nitrogens is 5. The summed E-state index contributed by atoms with van der Waals surface area (Å²) >= 11 is 0. The summed E-state index contributed by atoms with van der Waals surface area (Å²) in [5, 5.41) is 13.8. The molecule has 2 fully saturated rings. The Labute approximate surface area is 267 Å². The third-order valence-electron chi connectivity index (χ3n) is 8.08. The minimum absolute atomic E-state index is 0.0319. The normalized spacial score (nSPS) is 16.4. The smallest absolute Gasteiger partial charge is 0.381 e. The second-order valence-corrected chi connectivity index (χ2v) is 13.3. The van der Waals surface area contributed by atoms with Crippen LogP contribution in [0, 0.1) is 5.92 Å². The second kappa shape index (κ2) is 13.3. The highest BCUT2D eigenvalue weighted by molar-refractivity contribution is 7.91. The molecule has 248 valence electrons. The molecular weight excluding hydrogens is 641 g/mol. The van der Waals surface area contributed by atoms with Gasteiger partial charge in [0.25, 0.3) is 5.56 Å². The van der Waals surface area contributed by atoms with Crippen LogP contribution in [0.1, 0.15) is 28.8 Å². The molecule has 5 heterocycles. The topological polar surface area (TPSA) is 161 Å². The highest BCUT2D eigenvalue weighted by atomic mass is 32.2. The zero-order chi connectivity index (χ0) is 33.2. The van der Waals surface area contributed by atoms with Crippen molar-refractivity contribution < 1.29 is 31.1 Å². The van der Waals surface area contributed by atoms with Crippen molar-refractivity contribution in [2.75, 3.05) is 55.4 Å². The number of sulfone groups is 1. The number of piperazine rings is 1. The lowest BCUT2D eigenvalue weighted by Crippen LogP contribution is -2.43. The molecule has 2 saturated heterocycles. The number of rotatable bonds is 9. The van der Waals surface area contributed by atoms with Gasteiger partial charge in [-0.3, -0.25) is 14.2 Å². The number of halogens is 3. The fourth-order valence-corrected chi connectivity index (χ4v) is 7.04. The van der Waals surface area contributed by atoms with Gasteiger partial charge in [-0.15, -0.1) is 0 Å². The Morgan fingerprint density at radius 3 is 2.45 bits per heavy atom. The highest BCUT2D eigenvalue weighted by Gasteiger charge is 2.37. The maximum atomic E-state index is 14.0. The Kier molecular flexibility index (Phi) is 9.20. The van der Waals surface area contributed by atoms with Crippen molar-refractivity contribution in [3.63, 3.8) is 0 Å². The van der Waals surface area contributed by atoms with E-state index in [1.54, 1.807) is 0 Å². The van der Waals surface area contributed by atoms with Crippen LogP contribution in [0.15, 0.2) is 58.6 Å². The summed E-state index contributed by atoms with van der Waals surface area (Å²) in [4.78, 5) is 37.9. The van der Waals surface area contributed by atoms with Crippen LogP contribution in [0.2, 0.25) is 0 Å². The van der Waals surface area contributed by atoms with E-state index >= 15 is 0 Å². The number of fused-ring (bicyclic) bond motifs is 1. The third kappa shape index (κ3) is 7.41. The number of anilines is 3. The molecule has 0 unspecified atom stereocenters. The SMILES string of the molecule is O=C(c1cc2cnc(Nc3ccc(N4CCNCC4)cc3)nc2n(Cc2cnncc2S(=O)(=O)CC(F)(F)F)c1=O)C1CCOCC1. The summed E-state index contributed by atoms with van der Waals surface area (Å²) in [6.45, 7) is 3.70. The van der Waals surface area contributed by atoms with Crippen molar-refractivity contribution in [2.45, 2.75) is 30.5 Å². The van der Waals surface area contributed by atoms with Crippen LogP contribution in [0.4, 0.5) is 30.5 Å². The number of carbonyl (C=O) groups excluding carboxylic acids is 1. The van der Waals surface area contributed by atoms with Gasteiger partial charge in [0.05, 0.1) is 29.4 Å². The Bertz CT molecular complexity index is 1940. The zero-order valence-electron chi connectivity index (χ0n) is 25.0. The van der Waals surface area contributed by atoms with Gasteiger partial charge in [-0.25, -0.2) is 13.4 Å². The number of benzene rings is 1. The lowest BCUT2D eigenvalue weighted by molar-refractivity contribution is -0.106.